The Morgan fingerprint density at radius 2 is 1.00 bits per heavy atom. The highest BCUT2D eigenvalue weighted by molar-refractivity contribution is 4.52. The molecule has 2 N–H and O–H groups in total. The van der Waals surface area contributed by atoms with Gasteiger partial charge >= 0.3 is 0 Å². The summed E-state index contributed by atoms with van der Waals surface area (Å²) in [6.07, 6.45) is 21.2. The number of rotatable bonds is 18. The van der Waals surface area contributed by atoms with Gasteiger partial charge in [0, 0.05) is 6.61 Å². The number of unbranched alkanes of at least 4 members (excludes halogenated alkanes) is 13. The summed E-state index contributed by atoms with van der Waals surface area (Å²) in [4.78, 5) is 0. The molecule has 2 heteroatoms. The lowest BCUT2D eigenvalue weighted by atomic mass is 10.1. The topological polar surface area (TPSA) is 35.2 Å². The van der Waals surface area contributed by atoms with Gasteiger partial charge in [0.25, 0.3) is 0 Å². The third-order valence-electron chi connectivity index (χ3n) is 4.42. The van der Waals surface area contributed by atoms with Gasteiger partial charge in [0.05, 0.1) is 0 Å². The van der Waals surface area contributed by atoms with Crippen LogP contribution in [0.1, 0.15) is 117 Å². The Balaban J connectivity index is 3.11. The molecule has 0 spiro atoms. The molecule has 0 aromatic heterocycles. The maximum absolute atomic E-state index is 6.01. The van der Waals surface area contributed by atoms with E-state index in [2.05, 4.69) is 13.8 Å². The average Bonchev–Trinajstić information content (AvgIpc) is 2.52. The van der Waals surface area contributed by atoms with E-state index in [0.717, 1.165) is 13.0 Å². The molecule has 0 radical (unpaired) electrons. The second-order valence-electron chi connectivity index (χ2n) is 6.79. The van der Waals surface area contributed by atoms with Gasteiger partial charge in [-0.05, 0) is 19.3 Å². The van der Waals surface area contributed by atoms with E-state index in [9.17, 15) is 0 Å². The van der Waals surface area contributed by atoms with Crippen LogP contribution in [0.2, 0.25) is 0 Å². The zero-order valence-corrected chi connectivity index (χ0v) is 15.6. The summed E-state index contributed by atoms with van der Waals surface area (Å²) >= 11 is 0. The SMILES string of the molecule is CCCCCCCCCCOC(N)CCCCCCCCC. The lowest BCUT2D eigenvalue weighted by molar-refractivity contribution is 0.0475. The van der Waals surface area contributed by atoms with Crippen LogP contribution in [0.15, 0.2) is 0 Å². The van der Waals surface area contributed by atoms with Crippen LogP contribution in [-0.2, 0) is 4.74 Å². The van der Waals surface area contributed by atoms with Crippen LogP contribution in [0.4, 0.5) is 0 Å². The quantitative estimate of drug-likeness (QED) is 0.229. The van der Waals surface area contributed by atoms with Crippen molar-refractivity contribution in [2.45, 2.75) is 123 Å². The van der Waals surface area contributed by atoms with E-state index in [1.54, 1.807) is 0 Å². The molecule has 2 nitrogen and oxygen atoms in total. The first-order chi connectivity index (χ1) is 10.8. The Morgan fingerprint density at radius 3 is 1.50 bits per heavy atom. The number of hydrogen-bond donors (Lipinski definition) is 1. The number of ether oxygens (including phenoxy) is 1. The normalized spacial score (nSPS) is 12.7. The van der Waals surface area contributed by atoms with Crippen molar-refractivity contribution in [2.24, 2.45) is 5.73 Å². The summed E-state index contributed by atoms with van der Waals surface area (Å²) in [5.74, 6) is 0. The van der Waals surface area contributed by atoms with Crippen molar-refractivity contribution in [1.29, 1.82) is 0 Å². The fraction of sp³-hybridized carbons (Fsp3) is 1.00. The molecule has 0 aliphatic heterocycles. The zero-order valence-electron chi connectivity index (χ0n) is 15.6. The molecule has 0 aromatic rings. The van der Waals surface area contributed by atoms with E-state index in [1.165, 1.54) is 96.3 Å². The van der Waals surface area contributed by atoms with E-state index in [1.807, 2.05) is 0 Å². The predicted molar refractivity (Wildman–Crippen MR) is 99.1 cm³/mol. The van der Waals surface area contributed by atoms with E-state index in [-0.39, 0.29) is 6.23 Å². The second kappa shape index (κ2) is 19.0. The summed E-state index contributed by atoms with van der Waals surface area (Å²) in [6, 6.07) is 0. The third kappa shape index (κ3) is 18.0. The molecule has 134 valence electrons. The van der Waals surface area contributed by atoms with Crippen LogP contribution in [0, 0.1) is 0 Å². The van der Waals surface area contributed by atoms with Gasteiger partial charge in [0.1, 0.15) is 6.23 Å². The molecule has 22 heavy (non-hydrogen) atoms. The van der Waals surface area contributed by atoms with Gasteiger partial charge in [-0.25, -0.2) is 0 Å². The zero-order chi connectivity index (χ0) is 16.3. The van der Waals surface area contributed by atoms with Gasteiger partial charge in [0.15, 0.2) is 0 Å². The van der Waals surface area contributed by atoms with E-state index < -0.39 is 0 Å². The van der Waals surface area contributed by atoms with Crippen LogP contribution >= 0.6 is 0 Å². The lowest BCUT2D eigenvalue weighted by Crippen LogP contribution is -2.24. The molecule has 0 aromatic carbocycles. The van der Waals surface area contributed by atoms with E-state index in [0.29, 0.717) is 0 Å². The number of nitrogens with two attached hydrogens (primary N) is 1. The molecule has 0 amide bonds. The Hall–Kier alpha value is -0.0800. The highest BCUT2D eigenvalue weighted by Gasteiger charge is 2.02. The summed E-state index contributed by atoms with van der Waals surface area (Å²) in [7, 11) is 0. The van der Waals surface area contributed by atoms with Crippen molar-refractivity contribution < 1.29 is 4.74 Å². The molecule has 1 atom stereocenters. The molecular weight excluding hydrogens is 270 g/mol. The molecule has 0 saturated carbocycles. The van der Waals surface area contributed by atoms with Crippen molar-refractivity contribution in [3.8, 4) is 0 Å². The van der Waals surface area contributed by atoms with Gasteiger partial charge in [-0.3, -0.25) is 0 Å². The van der Waals surface area contributed by atoms with Crippen LogP contribution in [-0.4, -0.2) is 12.8 Å². The van der Waals surface area contributed by atoms with Gasteiger partial charge in [-0.2, -0.15) is 0 Å². The summed E-state index contributed by atoms with van der Waals surface area (Å²) < 4.78 is 5.71. The molecule has 0 bridgehead atoms. The summed E-state index contributed by atoms with van der Waals surface area (Å²) in [6.45, 7) is 5.39. The maximum atomic E-state index is 6.01. The van der Waals surface area contributed by atoms with Crippen molar-refractivity contribution in [1.82, 2.24) is 0 Å². The van der Waals surface area contributed by atoms with Crippen LogP contribution < -0.4 is 5.73 Å². The fourth-order valence-corrected chi connectivity index (χ4v) is 2.86. The summed E-state index contributed by atoms with van der Waals surface area (Å²) in [5, 5.41) is 0. The van der Waals surface area contributed by atoms with Crippen LogP contribution in [0.3, 0.4) is 0 Å². The molecule has 0 saturated heterocycles. The Kier molecular flexibility index (Phi) is 18.9. The minimum atomic E-state index is -0.0276. The number of hydrogen-bond acceptors (Lipinski definition) is 2. The van der Waals surface area contributed by atoms with Crippen molar-refractivity contribution in [3.63, 3.8) is 0 Å². The molecule has 1 unspecified atom stereocenters. The first-order valence-corrected chi connectivity index (χ1v) is 10.2. The molecule has 0 heterocycles. The Labute approximate surface area is 140 Å². The predicted octanol–water partition coefficient (Wildman–Crippen LogP) is 6.57. The molecule has 0 rings (SSSR count). The van der Waals surface area contributed by atoms with Gasteiger partial charge in [-0.1, -0.05) is 97.3 Å². The minimum Gasteiger partial charge on any atom is -0.364 e. The first-order valence-electron chi connectivity index (χ1n) is 10.2. The van der Waals surface area contributed by atoms with E-state index >= 15 is 0 Å². The molecular formula is C20H43NO. The van der Waals surface area contributed by atoms with E-state index in [4.69, 9.17) is 10.5 Å². The monoisotopic (exact) mass is 313 g/mol. The van der Waals surface area contributed by atoms with Gasteiger partial charge < -0.3 is 10.5 Å². The summed E-state index contributed by atoms with van der Waals surface area (Å²) in [5.41, 5.74) is 6.01. The Morgan fingerprint density at radius 1 is 0.591 bits per heavy atom. The van der Waals surface area contributed by atoms with Crippen LogP contribution in [0.5, 0.6) is 0 Å². The standard InChI is InChI=1S/C20H43NO/c1-3-5-7-9-11-13-15-17-19-22-20(21)18-16-14-12-10-8-6-4-2/h20H,3-19,21H2,1-2H3. The van der Waals surface area contributed by atoms with Crippen molar-refractivity contribution in [2.75, 3.05) is 6.61 Å². The molecule has 0 aliphatic rings. The fourth-order valence-electron chi connectivity index (χ4n) is 2.86. The van der Waals surface area contributed by atoms with Gasteiger partial charge in [0.2, 0.25) is 0 Å². The highest BCUT2D eigenvalue weighted by atomic mass is 16.5. The lowest BCUT2D eigenvalue weighted by Gasteiger charge is -2.12. The maximum Gasteiger partial charge on any atom is 0.105 e. The minimum absolute atomic E-state index is 0.0276. The van der Waals surface area contributed by atoms with Crippen molar-refractivity contribution in [3.05, 3.63) is 0 Å². The van der Waals surface area contributed by atoms with Crippen LogP contribution in [0.25, 0.3) is 0 Å². The average molecular weight is 314 g/mol. The highest BCUT2D eigenvalue weighted by Crippen LogP contribution is 2.11. The smallest absolute Gasteiger partial charge is 0.105 e. The first kappa shape index (κ1) is 21.9. The second-order valence-corrected chi connectivity index (χ2v) is 6.79. The van der Waals surface area contributed by atoms with Gasteiger partial charge in [-0.15, -0.1) is 0 Å². The largest absolute Gasteiger partial charge is 0.364 e. The Bertz CT molecular complexity index is 196. The third-order valence-corrected chi connectivity index (χ3v) is 4.42. The molecule has 0 fully saturated rings. The van der Waals surface area contributed by atoms with Crippen molar-refractivity contribution >= 4 is 0 Å². The molecule has 0 aliphatic carbocycles.